The molecule has 0 saturated carbocycles. The van der Waals surface area contributed by atoms with Crippen LogP contribution in [0.2, 0.25) is 0 Å². The van der Waals surface area contributed by atoms with Crippen LogP contribution < -0.4 is 10.2 Å². The Balaban J connectivity index is 1.58. The molecule has 1 aromatic rings. The molecule has 1 atom stereocenters. The third-order valence-electron chi connectivity index (χ3n) is 4.24. The number of rotatable bonds is 4. The summed E-state index contributed by atoms with van der Waals surface area (Å²) in [6.07, 6.45) is 3.22. The second-order valence-corrected chi connectivity index (χ2v) is 5.59. The Morgan fingerprint density at radius 2 is 2.15 bits per heavy atom. The topological polar surface area (TPSA) is 40.6 Å². The summed E-state index contributed by atoms with van der Waals surface area (Å²) >= 11 is 0. The fraction of sp³-hybridized carbons (Fsp3) is 0.667. The van der Waals surface area contributed by atoms with Gasteiger partial charge in [-0.05, 0) is 25.1 Å². The second-order valence-electron chi connectivity index (χ2n) is 5.59. The van der Waals surface area contributed by atoms with Gasteiger partial charge in [0, 0.05) is 45.0 Å². The summed E-state index contributed by atoms with van der Waals surface area (Å²) in [7, 11) is 1.96. The summed E-state index contributed by atoms with van der Waals surface area (Å²) in [5.74, 6) is 1.11. The third-order valence-corrected chi connectivity index (χ3v) is 4.24. The van der Waals surface area contributed by atoms with Gasteiger partial charge in [-0.25, -0.2) is 4.98 Å². The van der Waals surface area contributed by atoms with E-state index in [1.807, 2.05) is 13.2 Å². The zero-order valence-corrected chi connectivity index (χ0v) is 12.2. The SMILES string of the molecule is CNCc1ccc(N2CCC(N3CCOCC3)C2)nc1. The lowest BCUT2D eigenvalue weighted by molar-refractivity contribution is 0.0209. The molecule has 5 nitrogen and oxygen atoms in total. The van der Waals surface area contributed by atoms with Crippen LogP contribution in [-0.2, 0) is 11.3 Å². The highest BCUT2D eigenvalue weighted by Crippen LogP contribution is 2.22. The van der Waals surface area contributed by atoms with Crippen LogP contribution in [0.3, 0.4) is 0 Å². The first-order valence-corrected chi connectivity index (χ1v) is 7.53. The van der Waals surface area contributed by atoms with E-state index in [9.17, 15) is 0 Å². The summed E-state index contributed by atoms with van der Waals surface area (Å²) in [4.78, 5) is 9.58. The predicted octanol–water partition coefficient (Wildman–Crippen LogP) is 0.712. The zero-order chi connectivity index (χ0) is 13.8. The largest absolute Gasteiger partial charge is 0.379 e. The van der Waals surface area contributed by atoms with Crippen LogP contribution in [0.15, 0.2) is 18.3 Å². The first-order valence-electron chi connectivity index (χ1n) is 7.53. The summed E-state index contributed by atoms with van der Waals surface area (Å²) < 4.78 is 5.43. The molecule has 20 heavy (non-hydrogen) atoms. The van der Waals surface area contributed by atoms with Gasteiger partial charge in [0.2, 0.25) is 0 Å². The number of hydrogen-bond donors (Lipinski definition) is 1. The molecule has 3 rings (SSSR count). The van der Waals surface area contributed by atoms with Crippen molar-refractivity contribution in [1.29, 1.82) is 0 Å². The number of hydrogen-bond acceptors (Lipinski definition) is 5. The Morgan fingerprint density at radius 1 is 1.30 bits per heavy atom. The molecule has 3 heterocycles. The van der Waals surface area contributed by atoms with Crippen LogP contribution in [-0.4, -0.2) is 62.4 Å². The molecule has 0 spiro atoms. The van der Waals surface area contributed by atoms with Gasteiger partial charge in [-0.15, -0.1) is 0 Å². The number of pyridine rings is 1. The summed E-state index contributed by atoms with van der Waals surface area (Å²) in [6.45, 7) is 7.00. The van der Waals surface area contributed by atoms with Crippen LogP contribution in [0.4, 0.5) is 5.82 Å². The minimum atomic E-state index is 0.665. The van der Waals surface area contributed by atoms with Gasteiger partial charge in [-0.1, -0.05) is 6.07 Å². The molecule has 0 bridgehead atoms. The molecular formula is C15H24N4O. The van der Waals surface area contributed by atoms with Crippen LogP contribution in [0.5, 0.6) is 0 Å². The summed E-state index contributed by atoms with van der Waals surface area (Å²) in [6, 6.07) is 4.98. The molecule has 1 unspecified atom stereocenters. The zero-order valence-electron chi connectivity index (χ0n) is 12.2. The number of ether oxygens (including phenoxy) is 1. The lowest BCUT2D eigenvalue weighted by Crippen LogP contribution is -2.44. The molecule has 2 fully saturated rings. The van der Waals surface area contributed by atoms with Crippen LogP contribution in [0, 0.1) is 0 Å². The van der Waals surface area contributed by atoms with Crippen molar-refractivity contribution < 1.29 is 4.74 Å². The Kier molecular flexibility index (Phi) is 4.50. The Morgan fingerprint density at radius 3 is 2.85 bits per heavy atom. The maximum Gasteiger partial charge on any atom is 0.128 e. The van der Waals surface area contributed by atoms with Crippen molar-refractivity contribution in [3.8, 4) is 0 Å². The number of anilines is 1. The van der Waals surface area contributed by atoms with Crippen molar-refractivity contribution >= 4 is 5.82 Å². The van der Waals surface area contributed by atoms with Gasteiger partial charge in [0.1, 0.15) is 5.82 Å². The van der Waals surface area contributed by atoms with Crippen molar-refractivity contribution in [2.24, 2.45) is 0 Å². The van der Waals surface area contributed by atoms with Crippen LogP contribution in [0.25, 0.3) is 0 Å². The van der Waals surface area contributed by atoms with Crippen LogP contribution >= 0.6 is 0 Å². The van der Waals surface area contributed by atoms with Gasteiger partial charge in [0.25, 0.3) is 0 Å². The molecule has 0 amide bonds. The first kappa shape index (κ1) is 13.8. The van der Waals surface area contributed by atoms with Crippen molar-refractivity contribution in [1.82, 2.24) is 15.2 Å². The Labute approximate surface area is 120 Å². The highest BCUT2D eigenvalue weighted by Gasteiger charge is 2.29. The molecule has 0 radical (unpaired) electrons. The second kappa shape index (κ2) is 6.52. The van der Waals surface area contributed by atoms with Gasteiger partial charge >= 0.3 is 0 Å². The highest BCUT2D eigenvalue weighted by molar-refractivity contribution is 5.41. The molecule has 2 aliphatic rings. The van der Waals surface area contributed by atoms with Gasteiger partial charge < -0.3 is 15.0 Å². The lowest BCUT2D eigenvalue weighted by Gasteiger charge is -2.32. The number of nitrogens with zero attached hydrogens (tertiary/aromatic N) is 3. The smallest absolute Gasteiger partial charge is 0.128 e. The van der Waals surface area contributed by atoms with E-state index in [4.69, 9.17) is 4.74 Å². The number of morpholine rings is 1. The molecular weight excluding hydrogens is 252 g/mol. The molecule has 0 aromatic carbocycles. The minimum Gasteiger partial charge on any atom is -0.379 e. The van der Waals surface area contributed by atoms with Crippen molar-refractivity contribution in [3.05, 3.63) is 23.9 Å². The molecule has 0 aliphatic carbocycles. The number of aromatic nitrogens is 1. The van der Waals surface area contributed by atoms with E-state index in [1.165, 1.54) is 12.0 Å². The van der Waals surface area contributed by atoms with E-state index >= 15 is 0 Å². The van der Waals surface area contributed by atoms with Gasteiger partial charge in [0.05, 0.1) is 13.2 Å². The van der Waals surface area contributed by atoms with Crippen molar-refractivity contribution in [3.63, 3.8) is 0 Å². The average molecular weight is 276 g/mol. The molecule has 5 heteroatoms. The quantitative estimate of drug-likeness (QED) is 0.877. The first-order chi connectivity index (χ1) is 9.86. The molecule has 2 aliphatic heterocycles. The highest BCUT2D eigenvalue weighted by atomic mass is 16.5. The predicted molar refractivity (Wildman–Crippen MR) is 80.0 cm³/mol. The minimum absolute atomic E-state index is 0.665. The molecule has 1 aromatic heterocycles. The fourth-order valence-electron chi connectivity index (χ4n) is 3.10. The average Bonchev–Trinajstić information content (AvgIpc) is 2.99. The summed E-state index contributed by atoms with van der Waals surface area (Å²) in [5, 5.41) is 3.15. The molecule has 2 saturated heterocycles. The van der Waals surface area contributed by atoms with E-state index in [2.05, 4.69) is 32.2 Å². The van der Waals surface area contributed by atoms with E-state index in [0.29, 0.717) is 6.04 Å². The van der Waals surface area contributed by atoms with Gasteiger partial charge in [0.15, 0.2) is 0 Å². The van der Waals surface area contributed by atoms with Crippen molar-refractivity contribution in [2.45, 2.75) is 19.0 Å². The van der Waals surface area contributed by atoms with E-state index in [1.54, 1.807) is 0 Å². The normalized spacial score (nSPS) is 24.2. The maximum absolute atomic E-state index is 5.43. The van der Waals surface area contributed by atoms with Crippen LogP contribution in [0.1, 0.15) is 12.0 Å². The lowest BCUT2D eigenvalue weighted by atomic mass is 10.2. The van der Waals surface area contributed by atoms with E-state index < -0.39 is 0 Å². The summed E-state index contributed by atoms with van der Waals surface area (Å²) in [5.41, 5.74) is 1.24. The van der Waals surface area contributed by atoms with Crippen molar-refractivity contribution in [2.75, 3.05) is 51.3 Å². The third kappa shape index (κ3) is 3.11. The standard InChI is InChI=1S/C15H24N4O/c1-16-10-13-2-3-15(17-11-13)19-5-4-14(12-19)18-6-8-20-9-7-18/h2-3,11,14,16H,4-10,12H2,1H3. The Bertz CT molecular complexity index is 416. The monoisotopic (exact) mass is 276 g/mol. The van der Waals surface area contributed by atoms with Gasteiger partial charge in [-0.3, -0.25) is 4.90 Å². The number of nitrogens with one attached hydrogen (secondary N) is 1. The van der Waals surface area contributed by atoms with Gasteiger partial charge in [-0.2, -0.15) is 0 Å². The fourth-order valence-corrected chi connectivity index (χ4v) is 3.10. The maximum atomic E-state index is 5.43. The molecule has 1 N–H and O–H groups in total. The van der Waals surface area contributed by atoms with E-state index in [0.717, 1.165) is 51.8 Å². The van der Waals surface area contributed by atoms with E-state index in [-0.39, 0.29) is 0 Å². The Hall–Kier alpha value is -1.17. The molecule has 110 valence electrons.